The highest BCUT2D eigenvalue weighted by Crippen LogP contribution is 2.25. The average Bonchev–Trinajstić information content (AvgIpc) is 2.35. The van der Waals surface area contributed by atoms with Crippen molar-refractivity contribution in [1.82, 2.24) is 4.57 Å². The van der Waals surface area contributed by atoms with Gasteiger partial charge < -0.3 is 4.57 Å². The van der Waals surface area contributed by atoms with Gasteiger partial charge in [0.15, 0.2) is 0 Å². The Morgan fingerprint density at radius 2 is 1.89 bits per heavy atom. The first-order valence-corrected chi connectivity index (χ1v) is 5.77. The topological polar surface area (TPSA) is 22.0 Å². The molecule has 0 aliphatic carbocycles. The second kappa shape index (κ2) is 3.67. The Labute approximate surface area is 103 Å². The molecule has 0 spiro atoms. The van der Waals surface area contributed by atoms with E-state index in [1.54, 1.807) is 23.7 Å². The van der Waals surface area contributed by atoms with Crippen LogP contribution >= 0.6 is 0 Å². The Kier molecular flexibility index (Phi) is 2.23. The van der Waals surface area contributed by atoms with Gasteiger partial charge >= 0.3 is 0 Å². The zero-order chi connectivity index (χ0) is 12.9. The number of halogens is 1. The van der Waals surface area contributed by atoms with Crippen LogP contribution in [0.25, 0.3) is 21.7 Å². The van der Waals surface area contributed by atoms with Gasteiger partial charge in [0.05, 0.1) is 5.52 Å². The lowest BCUT2D eigenvalue weighted by Crippen LogP contribution is -2.17. The molecule has 0 fully saturated rings. The van der Waals surface area contributed by atoms with Gasteiger partial charge in [0, 0.05) is 17.8 Å². The maximum Gasteiger partial charge on any atom is 0.258 e. The molecule has 2 nitrogen and oxygen atoms in total. The highest BCUT2D eigenvalue weighted by molar-refractivity contribution is 6.07. The van der Waals surface area contributed by atoms with Crippen LogP contribution in [0.3, 0.4) is 0 Å². The number of nitrogens with zero attached hydrogens (tertiary/aromatic N) is 1. The van der Waals surface area contributed by atoms with Crippen LogP contribution < -0.4 is 5.56 Å². The van der Waals surface area contributed by atoms with E-state index in [2.05, 4.69) is 0 Å². The van der Waals surface area contributed by atoms with Crippen molar-refractivity contribution in [2.24, 2.45) is 7.05 Å². The smallest absolute Gasteiger partial charge is 0.258 e. The molecule has 0 bridgehead atoms. The summed E-state index contributed by atoms with van der Waals surface area (Å²) in [6.45, 7) is 1.94. The summed E-state index contributed by atoms with van der Waals surface area (Å²) in [4.78, 5) is 12.2. The molecule has 3 rings (SSSR count). The van der Waals surface area contributed by atoms with Crippen LogP contribution in [0.2, 0.25) is 0 Å². The minimum Gasteiger partial charge on any atom is -0.311 e. The van der Waals surface area contributed by atoms with E-state index in [4.69, 9.17) is 0 Å². The third-order valence-corrected chi connectivity index (χ3v) is 3.40. The summed E-state index contributed by atoms with van der Waals surface area (Å²) in [5.74, 6) is -0.286. The fourth-order valence-corrected chi connectivity index (χ4v) is 2.49. The molecule has 0 saturated carbocycles. The Hall–Kier alpha value is -2.16. The van der Waals surface area contributed by atoms with E-state index in [0.29, 0.717) is 5.39 Å². The van der Waals surface area contributed by atoms with E-state index in [1.807, 2.05) is 19.1 Å². The minimum atomic E-state index is -0.286. The van der Waals surface area contributed by atoms with E-state index in [1.165, 1.54) is 12.1 Å². The standard InChI is InChI=1S/C15H12FNO/c1-9-4-3-5-11-14(9)12-8-10(16)6-7-13(12)17(2)15(11)18/h3-8H,1-2H3. The van der Waals surface area contributed by atoms with E-state index < -0.39 is 0 Å². The molecule has 0 amide bonds. The van der Waals surface area contributed by atoms with Crippen LogP contribution in [-0.4, -0.2) is 4.57 Å². The summed E-state index contributed by atoms with van der Waals surface area (Å²) in [5, 5.41) is 2.26. The molecule has 0 aliphatic heterocycles. The number of hydrogen-bond acceptors (Lipinski definition) is 1. The van der Waals surface area contributed by atoms with Gasteiger partial charge in [0.1, 0.15) is 5.82 Å². The van der Waals surface area contributed by atoms with Gasteiger partial charge in [-0.2, -0.15) is 0 Å². The third-order valence-electron chi connectivity index (χ3n) is 3.40. The zero-order valence-electron chi connectivity index (χ0n) is 10.2. The lowest BCUT2D eigenvalue weighted by molar-refractivity contribution is 0.629. The first-order valence-electron chi connectivity index (χ1n) is 5.77. The molecule has 0 aliphatic rings. The quantitative estimate of drug-likeness (QED) is 0.554. The minimum absolute atomic E-state index is 0.0483. The zero-order valence-corrected chi connectivity index (χ0v) is 10.2. The number of rotatable bonds is 0. The van der Waals surface area contributed by atoms with Crippen molar-refractivity contribution < 1.29 is 4.39 Å². The Morgan fingerprint density at radius 3 is 2.67 bits per heavy atom. The summed E-state index contributed by atoms with van der Waals surface area (Å²) in [6, 6.07) is 10.1. The average molecular weight is 241 g/mol. The van der Waals surface area contributed by atoms with E-state index in [0.717, 1.165) is 21.9 Å². The largest absolute Gasteiger partial charge is 0.311 e. The summed E-state index contributed by atoms with van der Waals surface area (Å²) in [7, 11) is 1.71. The van der Waals surface area contributed by atoms with Crippen LogP contribution in [0.15, 0.2) is 41.2 Å². The third kappa shape index (κ3) is 1.37. The second-order valence-electron chi connectivity index (χ2n) is 4.52. The van der Waals surface area contributed by atoms with E-state index in [9.17, 15) is 9.18 Å². The molecule has 1 aromatic heterocycles. The predicted molar refractivity (Wildman–Crippen MR) is 71.4 cm³/mol. The molecular weight excluding hydrogens is 229 g/mol. The number of benzene rings is 2. The van der Waals surface area contributed by atoms with Crippen molar-refractivity contribution in [3.05, 3.63) is 58.1 Å². The molecule has 0 N–H and O–H groups in total. The number of pyridine rings is 1. The van der Waals surface area contributed by atoms with Gasteiger partial charge in [-0.05, 0) is 42.1 Å². The van der Waals surface area contributed by atoms with E-state index >= 15 is 0 Å². The lowest BCUT2D eigenvalue weighted by Gasteiger charge is -2.10. The molecule has 90 valence electrons. The van der Waals surface area contributed by atoms with Gasteiger partial charge in [0.2, 0.25) is 0 Å². The molecule has 0 unspecified atom stereocenters. The van der Waals surface area contributed by atoms with Crippen molar-refractivity contribution in [1.29, 1.82) is 0 Å². The van der Waals surface area contributed by atoms with Crippen molar-refractivity contribution >= 4 is 21.7 Å². The van der Waals surface area contributed by atoms with Crippen LogP contribution in [0.4, 0.5) is 4.39 Å². The second-order valence-corrected chi connectivity index (χ2v) is 4.52. The van der Waals surface area contributed by atoms with Gasteiger partial charge in [-0.1, -0.05) is 12.1 Å². The van der Waals surface area contributed by atoms with Crippen molar-refractivity contribution in [3.63, 3.8) is 0 Å². The predicted octanol–water partition coefficient (Wildman–Crippen LogP) is 3.14. The highest BCUT2D eigenvalue weighted by atomic mass is 19.1. The number of fused-ring (bicyclic) bond motifs is 3. The van der Waals surface area contributed by atoms with Gasteiger partial charge in [-0.15, -0.1) is 0 Å². The van der Waals surface area contributed by atoms with Crippen LogP contribution in [0.5, 0.6) is 0 Å². The maximum atomic E-state index is 13.4. The Morgan fingerprint density at radius 1 is 1.11 bits per heavy atom. The SMILES string of the molecule is Cc1cccc2c(=O)n(C)c3ccc(F)cc3c12. The molecule has 3 aromatic rings. The molecule has 2 aromatic carbocycles. The molecule has 3 heteroatoms. The van der Waals surface area contributed by atoms with Gasteiger partial charge in [0.25, 0.3) is 5.56 Å². The van der Waals surface area contributed by atoms with Crippen molar-refractivity contribution in [2.45, 2.75) is 6.92 Å². The first-order chi connectivity index (χ1) is 8.59. The molecular formula is C15H12FNO. The van der Waals surface area contributed by atoms with Crippen LogP contribution in [0, 0.1) is 12.7 Å². The molecule has 18 heavy (non-hydrogen) atoms. The molecule has 0 saturated heterocycles. The molecule has 1 heterocycles. The fraction of sp³-hybridized carbons (Fsp3) is 0.133. The van der Waals surface area contributed by atoms with Crippen molar-refractivity contribution in [2.75, 3.05) is 0 Å². The van der Waals surface area contributed by atoms with Crippen LogP contribution in [0.1, 0.15) is 5.56 Å². The summed E-state index contributed by atoms with van der Waals surface area (Å²) >= 11 is 0. The number of hydrogen-bond donors (Lipinski definition) is 0. The number of aryl methyl sites for hydroxylation is 2. The Balaban J connectivity index is 2.75. The van der Waals surface area contributed by atoms with Gasteiger partial charge in [-0.25, -0.2) is 4.39 Å². The maximum absolute atomic E-state index is 13.4. The summed E-state index contributed by atoms with van der Waals surface area (Å²) < 4.78 is 15.0. The lowest BCUT2D eigenvalue weighted by atomic mass is 10.0. The van der Waals surface area contributed by atoms with Crippen molar-refractivity contribution in [3.8, 4) is 0 Å². The van der Waals surface area contributed by atoms with Gasteiger partial charge in [-0.3, -0.25) is 4.79 Å². The molecule has 0 atom stereocenters. The highest BCUT2D eigenvalue weighted by Gasteiger charge is 2.10. The molecule has 0 radical (unpaired) electrons. The Bertz CT molecular complexity index is 833. The fourth-order valence-electron chi connectivity index (χ4n) is 2.49. The van der Waals surface area contributed by atoms with Crippen LogP contribution in [-0.2, 0) is 7.05 Å². The first kappa shape index (κ1) is 11.0. The number of aromatic nitrogens is 1. The summed E-state index contributed by atoms with van der Waals surface area (Å²) in [6.07, 6.45) is 0. The summed E-state index contributed by atoms with van der Waals surface area (Å²) in [5.41, 5.74) is 1.69. The normalized spacial score (nSPS) is 11.3. The monoisotopic (exact) mass is 241 g/mol. The van der Waals surface area contributed by atoms with E-state index in [-0.39, 0.29) is 11.4 Å².